The Morgan fingerprint density at radius 1 is 0.500 bits per heavy atom. The summed E-state index contributed by atoms with van der Waals surface area (Å²) in [6.07, 6.45) is 0. The van der Waals surface area contributed by atoms with E-state index in [1.807, 2.05) is 53.4 Å². The second-order valence-corrected chi connectivity index (χ2v) is 7.49. The van der Waals surface area contributed by atoms with Crippen molar-refractivity contribution in [2.75, 3.05) is 47.6 Å². The van der Waals surface area contributed by atoms with E-state index in [0.29, 0.717) is 34.5 Å². The van der Waals surface area contributed by atoms with Gasteiger partial charge in [0.05, 0.1) is 54.0 Å². The summed E-state index contributed by atoms with van der Waals surface area (Å²) in [5.74, 6) is 3.18. The summed E-state index contributed by atoms with van der Waals surface area (Å²) in [6, 6.07) is 15.5. The normalized spacial score (nSPS) is 10.3. The Bertz CT molecular complexity index is 957. The van der Waals surface area contributed by atoms with Crippen LogP contribution in [0.2, 0.25) is 0 Å². The van der Waals surface area contributed by atoms with Gasteiger partial charge < -0.3 is 33.3 Å². The van der Waals surface area contributed by atoms with E-state index in [4.69, 9.17) is 28.4 Å². The molecule has 0 aliphatic rings. The molecule has 0 N–H and O–H groups in total. The molecule has 3 rings (SSSR count). The number of anilines is 3. The second kappa shape index (κ2) is 10.4. The van der Waals surface area contributed by atoms with E-state index >= 15 is 0 Å². The topological polar surface area (TPSA) is 58.6 Å². The second-order valence-electron chi connectivity index (χ2n) is 6.58. The highest BCUT2D eigenvalue weighted by Gasteiger charge is 2.22. The van der Waals surface area contributed by atoms with Crippen LogP contribution in [0.5, 0.6) is 34.5 Å². The maximum absolute atomic E-state index is 5.58. The predicted molar refractivity (Wildman–Crippen MR) is 128 cm³/mol. The van der Waals surface area contributed by atoms with Crippen LogP contribution in [-0.4, -0.2) is 42.7 Å². The van der Waals surface area contributed by atoms with Gasteiger partial charge in [0.15, 0.2) is 23.0 Å². The Balaban J connectivity index is 2.31. The van der Waals surface area contributed by atoms with E-state index in [1.54, 1.807) is 42.7 Å². The number of rotatable bonds is 9. The van der Waals surface area contributed by atoms with Crippen LogP contribution in [0.3, 0.4) is 0 Å². The zero-order valence-electron chi connectivity index (χ0n) is 18.9. The zero-order valence-corrected chi connectivity index (χ0v) is 20.5. The molecule has 0 bridgehead atoms. The number of hydrogen-bond donors (Lipinski definition) is 0. The van der Waals surface area contributed by atoms with Crippen molar-refractivity contribution in [1.82, 2.24) is 0 Å². The summed E-state index contributed by atoms with van der Waals surface area (Å²) in [6.45, 7) is 0. The number of ether oxygens (including phenoxy) is 6. The van der Waals surface area contributed by atoms with Gasteiger partial charge in [0.1, 0.15) is 0 Å². The van der Waals surface area contributed by atoms with Gasteiger partial charge in [-0.25, -0.2) is 0 Å². The average Bonchev–Trinajstić information content (AvgIpc) is 2.83. The minimum Gasteiger partial charge on any atom is -0.493 e. The van der Waals surface area contributed by atoms with Gasteiger partial charge in [-0.1, -0.05) is 15.9 Å². The molecule has 3 aromatic rings. The van der Waals surface area contributed by atoms with Crippen LogP contribution >= 0.6 is 15.9 Å². The molecule has 0 aliphatic carbocycles. The number of methoxy groups -OCH3 is 6. The van der Waals surface area contributed by atoms with E-state index < -0.39 is 0 Å². The van der Waals surface area contributed by atoms with Crippen LogP contribution in [0.1, 0.15) is 0 Å². The highest BCUT2D eigenvalue weighted by atomic mass is 79.9. The Morgan fingerprint density at radius 2 is 0.844 bits per heavy atom. The third-order valence-electron chi connectivity index (χ3n) is 4.90. The summed E-state index contributed by atoms with van der Waals surface area (Å²) < 4.78 is 34.3. The Labute approximate surface area is 196 Å². The van der Waals surface area contributed by atoms with Crippen molar-refractivity contribution in [3.8, 4) is 34.5 Å². The van der Waals surface area contributed by atoms with Gasteiger partial charge in [-0.05, 0) is 24.3 Å². The Kier molecular flexibility index (Phi) is 7.58. The molecule has 0 aromatic heterocycles. The maximum Gasteiger partial charge on any atom is 0.203 e. The Hall–Kier alpha value is -3.26. The van der Waals surface area contributed by atoms with Crippen molar-refractivity contribution in [3.63, 3.8) is 0 Å². The van der Waals surface area contributed by atoms with Crippen LogP contribution < -0.4 is 33.3 Å². The van der Waals surface area contributed by atoms with Crippen molar-refractivity contribution in [3.05, 3.63) is 53.0 Å². The number of hydrogen-bond acceptors (Lipinski definition) is 7. The fourth-order valence-electron chi connectivity index (χ4n) is 3.43. The molecule has 3 aromatic carbocycles. The Morgan fingerprint density at radius 3 is 1.12 bits per heavy atom. The number of halogens is 1. The summed E-state index contributed by atoms with van der Waals surface area (Å²) in [4.78, 5) is 2.03. The molecule has 0 amide bonds. The maximum atomic E-state index is 5.58. The molecule has 170 valence electrons. The van der Waals surface area contributed by atoms with Crippen molar-refractivity contribution < 1.29 is 28.4 Å². The van der Waals surface area contributed by atoms with Gasteiger partial charge in [-0.15, -0.1) is 0 Å². The molecular formula is C24H26BrNO6. The first-order chi connectivity index (χ1) is 15.5. The largest absolute Gasteiger partial charge is 0.493 e. The zero-order chi connectivity index (χ0) is 23.3. The minimum absolute atomic E-state index is 0.513. The fraction of sp³-hybridized carbons (Fsp3) is 0.250. The number of nitrogens with zero attached hydrogens (tertiary/aromatic N) is 1. The molecule has 0 radical (unpaired) electrons. The van der Waals surface area contributed by atoms with Crippen LogP contribution in [0.4, 0.5) is 17.1 Å². The molecular weight excluding hydrogens is 478 g/mol. The SMILES string of the molecule is COc1cc(N(c2ccc(Br)cc2)c2cc(OC)c(OC)c(OC)c2)cc(OC)c1OC. The molecule has 32 heavy (non-hydrogen) atoms. The summed E-state index contributed by atoms with van der Waals surface area (Å²) >= 11 is 3.50. The molecule has 0 spiro atoms. The predicted octanol–water partition coefficient (Wildman–Crippen LogP) is 5.97. The minimum atomic E-state index is 0.513. The van der Waals surface area contributed by atoms with Gasteiger partial charge in [0.25, 0.3) is 0 Å². The van der Waals surface area contributed by atoms with Gasteiger partial charge >= 0.3 is 0 Å². The smallest absolute Gasteiger partial charge is 0.203 e. The highest BCUT2D eigenvalue weighted by Crippen LogP contribution is 2.48. The standard InChI is InChI=1S/C24H26BrNO6/c1-27-19-11-17(12-20(28-2)23(19)31-5)26(16-9-7-15(25)8-10-16)18-13-21(29-3)24(32-6)22(14-18)30-4/h7-14H,1-6H3. The van der Waals surface area contributed by atoms with Crippen LogP contribution in [-0.2, 0) is 0 Å². The average molecular weight is 504 g/mol. The van der Waals surface area contributed by atoms with E-state index in [1.165, 1.54) is 0 Å². The van der Waals surface area contributed by atoms with Gasteiger partial charge in [0, 0.05) is 34.4 Å². The monoisotopic (exact) mass is 503 g/mol. The summed E-state index contributed by atoms with van der Waals surface area (Å²) in [7, 11) is 9.50. The third-order valence-corrected chi connectivity index (χ3v) is 5.43. The van der Waals surface area contributed by atoms with Gasteiger partial charge in [-0.3, -0.25) is 0 Å². The lowest BCUT2D eigenvalue weighted by molar-refractivity contribution is 0.324. The lowest BCUT2D eigenvalue weighted by Gasteiger charge is -2.28. The molecule has 0 atom stereocenters. The molecule has 0 saturated heterocycles. The van der Waals surface area contributed by atoms with Crippen molar-refractivity contribution in [2.45, 2.75) is 0 Å². The van der Waals surface area contributed by atoms with Crippen molar-refractivity contribution in [2.24, 2.45) is 0 Å². The van der Waals surface area contributed by atoms with Crippen molar-refractivity contribution >= 4 is 33.0 Å². The molecule has 0 heterocycles. The van der Waals surface area contributed by atoms with Gasteiger partial charge in [0.2, 0.25) is 11.5 Å². The first-order valence-corrected chi connectivity index (χ1v) is 10.5. The van der Waals surface area contributed by atoms with Crippen LogP contribution in [0, 0.1) is 0 Å². The summed E-state index contributed by atoms with van der Waals surface area (Å²) in [5, 5.41) is 0. The summed E-state index contributed by atoms with van der Waals surface area (Å²) in [5.41, 5.74) is 2.48. The first-order valence-electron chi connectivity index (χ1n) is 9.66. The van der Waals surface area contributed by atoms with Crippen LogP contribution in [0.15, 0.2) is 53.0 Å². The third kappa shape index (κ3) is 4.50. The van der Waals surface area contributed by atoms with E-state index in [0.717, 1.165) is 21.5 Å². The molecule has 0 aliphatic heterocycles. The lowest BCUT2D eigenvalue weighted by atomic mass is 10.1. The van der Waals surface area contributed by atoms with E-state index in [2.05, 4.69) is 15.9 Å². The molecule has 7 nitrogen and oxygen atoms in total. The van der Waals surface area contributed by atoms with E-state index in [-0.39, 0.29) is 0 Å². The quantitative estimate of drug-likeness (QED) is 0.356. The van der Waals surface area contributed by atoms with Crippen molar-refractivity contribution in [1.29, 1.82) is 0 Å². The highest BCUT2D eigenvalue weighted by molar-refractivity contribution is 9.10. The fourth-order valence-corrected chi connectivity index (χ4v) is 3.69. The molecule has 0 fully saturated rings. The van der Waals surface area contributed by atoms with Crippen LogP contribution in [0.25, 0.3) is 0 Å². The lowest BCUT2D eigenvalue weighted by Crippen LogP contribution is -2.11. The number of benzene rings is 3. The van der Waals surface area contributed by atoms with E-state index in [9.17, 15) is 0 Å². The molecule has 0 saturated carbocycles. The molecule has 8 heteroatoms. The first kappa shape index (κ1) is 23.4. The van der Waals surface area contributed by atoms with Gasteiger partial charge in [-0.2, -0.15) is 0 Å². The molecule has 0 unspecified atom stereocenters.